The molecule has 1 N–H and O–H groups in total. The van der Waals surface area contributed by atoms with Gasteiger partial charge in [-0.2, -0.15) is 0 Å². The van der Waals surface area contributed by atoms with E-state index in [2.05, 4.69) is 20.8 Å². The van der Waals surface area contributed by atoms with Gasteiger partial charge in [0.1, 0.15) is 0 Å². The summed E-state index contributed by atoms with van der Waals surface area (Å²) in [5, 5.41) is 27.9. The molecule has 0 atom stereocenters. The van der Waals surface area contributed by atoms with Crippen molar-refractivity contribution in [1.29, 1.82) is 0 Å². The molecule has 5 nitrogen and oxygen atoms in total. The van der Waals surface area contributed by atoms with E-state index < -0.39 is 11.9 Å². The molecule has 0 spiro atoms. The maximum Gasteiger partial charge on any atom is 2.00 e. The van der Waals surface area contributed by atoms with Crippen molar-refractivity contribution in [3.63, 3.8) is 0 Å². The number of unbranched alkanes of at least 4 members (excludes halogenated alkanes) is 9. The average Bonchev–Trinajstić information content (AvgIpc) is 2.56. The van der Waals surface area contributed by atoms with Crippen molar-refractivity contribution in [1.82, 2.24) is 0 Å². The summed E-state index contributed by atoms with van der Waals surface area (Å²) < 4.78 is 0. The molecule has 0 aromatic rings. The molecule has 0 rings (SSSR count). The van der Waals surface area contributed by atoms with Crippen LogP contribution in [0.1, 0.15) is 111 Å². The monoisotopic (exact) mass is 424 g/mol. The number of carbonyl (C=O) groups is 2. The first-order chi connectivity index (χ1) is 12.0. The Morgan fingerprint density at radius 1 is 0.615 bits per heavy atom. The summed E-state index contributed by atoms with van der Waals surface area (Å²) in [6, 6.07) is 0. The van der Waals surface area contributed by atoms with Crippen molar-refractivity contribution >= 4 is 11.9 Å². The minimum absolute atomic E-state index is 0. The van der Waals surface area contributed by atoms with E-state index in [1.807, 2.05) is 0 Å². The third-order valence-electron chi connectivity index (χ3n) is 3.48. The molecule has 0 saturated carbocycles. The summed E-state index contributed by atoms with van der Waals surface area (Å²) in [5.41, 5.74) is 0. The van der Waals surface area contributed by atoms with Crippen LogP contribution in [0.3, 0.4) is 0 Å². The quantitative estimate of drug-likeness (QED) is 0.340. The topological polar surface area (TPSA) is 100 Å². The third kappa shape index (κ3) is 49.5. The van der Waals surface area contributed by atoms with Crippen molar-refractivity contribution in [2.45, 2.75) is 111 Å². The second kappa shape index (κ2) is 32.2. The van der Waals surface area contributed by atoms with Crippen LogP contribution in [-0.2, 0) is 29.1 Å². The fourth-order valence-corrected chi connectivity index (χ4v) is 1.90. The third-order valence-corrected chi connectivity index (χ3v) is 3.48. The van der Waals surface area contributed by atoms with E-state index in [9.17, 15) is 19.8 Å². The molecular formula is C20H40O5Zn. The predicted octanol–water partition coefficient (Wildman–Crippen LogP) is 2.97. The first-order valence-electron chi connectivity index (χ1n) is 9.96. The zero-order valence-corrected chi connectivity index (χ0v) is 20.4. The molecule has 0 bridgehead atoms. The van der Waals surface area contributed by atoms with Crippen LogP contribution >= 0.6 is 0 Å². The molecule has 0 aliphatic heterocycles. The van der Waals surface area contributed by atoms with Crippen LogP contribution in [0.25, 0.3) is 0 Å². The standard InChI is InChI=1S/2C8H16O2.C4H10O.Zn/c2*1-2-3-4-5-6-7-8(9)10;1-2-3-4-5;/h2*2-7H2,1H3,(H,9,10);5H,2-4H2,1H3;/q;;;+2/p-2. The van der Waals surface area contributed by atoms with Crippen molar-refractivity contribution in [2.24, 2.45) is 0 Å². The van der Waals surface area contributed by atoms with E-state index in [-0.39, 0.29) is 32.3 Å². The molecule has 26 heavy (non-hydrogen) atoms. The van der Waals surface area contributed by atoms with Crippen LogP contribution in [0.5, 0.6) is 0 Å². The molecule has 0 heterocycles. The van der Waals surface area contributed by atoms with E-state index >= 15 is 0 Å². The molecule has 152 valence electrons. The minimum Gasteiger partial charge on any atom is -0.550 e. The molecule has 0 fully saturated rings. The molecule has 0 amide bonds. The summed E-state index contributed by atoms with van der Waals surface area (Å²) in [5.74, 6) is -1.84. The second-order valence-electron chi connectivity index (χ2n) is 6.15. The fourth-order valence-electron chi connectivity index (χ4n) is 1.90. The first kappa shape index (κ1) is 33.1. The van der Waals surface area contributed by atoms with Crippen LogP contribution in [0.4, 0.5) is 0 Å². The Hall–Kier alpha value is -0.477. The van der Waals surface area contributed by atoms with E-state index in [1.165, 1.54) is 25.7 Å². The summed E-state index contributed by atoms with van der Waals surface area (Å²) in [6.45, 7) is 6.67. The van der Waals surface area contributed by atoms with Gasteiger partial charge in [-0.3, -0.25) is 0 Å². The maximum absolute atomic E-state index is 9.92. The summed E-state index contributed by atoms with van der Waals surface area (Å²) in [7, 11) is 0. The number of hydrogen-bond acceptors (Lipinski definition) is 5. The van der Waals surface area contributed by atoms with Gasteiger partial charge in [0.2, 0.25) is 0 Å². The number of hydrogen-bond donors (Lipinski definition) is 1. The SMILES string of the molecule is CCCCCCCC(=O)[O-].CCCCCCCC(=O)[O-].CCCCO.[Zn+2]. The van der Waals surface area contributed by atoms with E-state index in [0.717, 1.165) is 51.4 Å². The van der Waals surface area contributed by atoms with Crippen LogP contribution in [0.15, 0.2) is 0 Å². The number of carboxylic acids is 2. The molecule has 6 heteroatoms. The van der Waals surface area contributed by atoms with Crippen molar-refractivity contribution in [3.05, 3.63) is 0 Å². The molecular weight excluding hydrogens is 386 g/mol. The van der Waals surface area contributed by atoms with Gasteiger partial charge >= 0.3 is 19.5 Å². The van der Waals surface area contributed by atoms with Gasteiger partial charge in [0.05, 0.1) is 0 Å². The minimum atomic E-state index is -0.920. The predicted molar refractivity (Wildman–Crippen MR) is 98.8 cm³/mol. The molecule has 0 radical (unpaired) electrons. The fraction of sp³-hybridized carbons (Fsp3) is 0.900. The van der Waals surface area contributed by atoms with E-state index in [1.54, 1.807) is 0 Å². The van der Waals surface area contributed by atoms with Crippen molar-refractivity contribution < 1.29 is 44.4 Å². The smallest absolute Gasteiger partial charge is 0.550 e. The van der Waals surface area contributed by atoms with E-state index in [0.29, 0.717) is 6.61 Å². The number of carbonyl (C=O) groups excluding carboxylic acids is 2. The van der Waals surface area contributed by atoms with Gasteiger partial charge < -0.3 is 24.9 Å². The summed E-state index contributed by atoms with van der Waals surface area (Å²) in [6.07, 6.45) is 13.3. The van der Waals surface area contributed by atoms with E-state index in [4.69, 9.17) is 5.11 Å². The molecule has 0 aromatic carbocycles. The van der Waals surface area contributed by atoms with Gasteiger partial charge in [0.15, 0.2) is 0 Å². The van der Waals surface area contributed by atoms with Gasteiger partial charge in [-0.15, -0.1) is 0 Å². The number of rotatable bonds is 14. The van der Waals surface area contributed by atoms with Crippen molar-refractivity contribution in [2.75, 3.05) is 6.61 Å². The van der Waals surface area contributed by atoms with Crippen LogP contribution in [-0.4, -0.2) is 23.7 Å². The Balaban J connectivity index is -0.000000145. The Morgan fingerprint density at radius 3 is 1.12 bits per heavy atom. The second-order valence-corrected chi connectivity index (χ2v) is 6.15. The largest absolute Gasteiger partial charge is 2.00 e. The Kier molecular flexibility index (Phi) is 41.1. The molecule has 0 saturated heterocycles. The average molecular weight is 426 g/mol. The molecule has 0 aromatic heterocycles. The maximum atomic E-state index is 9.92. The van der Waals surface area contributed by atoms with Gasteiger partial charge in [-0.1, -0.05) is 78.6 Å². The van der Waals surface area contributed by atoms with Gasteiger partial charge in [-0.25, -0.2) is 0 Å². The van der Waals surface area contributed by atoms with Crippen LogP contribution < -0.4 is 10.2 Å². The number of aliphatic hydroxyl groups is 1. The summed E-state index contributed by atoms with van der Waals surface area (Å²) >= 11 is 0. The number of aliphatic hydroxyl groups excluding tert-OH is 1. The van der Waals surface area contributed by atoms with Crippen LogP contribution in [0.2, 0.25) is 0 Å². The van der Waals surface area contributed by atoms with Gasteiger partial charge in [0, 0.05) is 18.5 Å². The molecule has 0 aliphatic rings. The number of carboxylic acid groups (broad SMARTS) is 2. The Labute approximate surface area is 173 Å². The summed E-state index contributed by atoms with van der Waals surface area (Å²) in [4.78, 5) is 19.8. The zero-order valence-electron chi connectivity index (χ0n) is 17.4. The zero-order chi connectivity index (χ0) is 19.8. The van der Waals surface area contributed by atoms with Crippen LogP contribution in [0, 0.1) is 0 Å². The van der Waals surface area contributed by atoms with Crippen molar-refractivity contribution in [3.8, 4) is 0 Å². The van der Waals surface area contributed by atoms with Gasteiger partial charge in [0.25, 0.3) is 0 Å². The number of aliphatic carboxylic acids is 2. The molecule has 0 aliphatic carbocycles. The Morgan fingerprint density at radius 2 is 0.923 bits per heavy atom. The Bertz CT molecular complexity index is 247. The first-order valence-corrected chi connectivity index (χ1v) is 9.96. The van der Waals surface area contributed by atoms with Gasteiger partial charge in [-0.05, 0) is 32.1 Å². The normalized spacial score (nSPS) is 9.08. The molecule has 0 unspecified atom stereocenters.